The fraction of sp³-hybridized carbons (Fsp3) is 0.238. The zero-order chi connectivity index (χ0) is 18.9. The number of hydrogen-bond donors (Lipinski definition) is 1. The monoisotopic (exact) mass is 372 g/mol. The van der Waals surface area contributed by atoms with Crippen LogP contribution in [0.25, 0.3) is 5.70 Å². The molecular weight excluding hydrogens is 352 g/mol. The summed E-state index contributed by atoms with van der Waals surface area (Å²) in [4.78, 5) is 14.5. The lowest BCUT2D eigenvalue weighted by atomic mass is 10.0. The molecule has 2 aromatic carbocycles. The van der Waals surface area contributed by atoms with E-state index in [0.717, 1.165) is 29.7 Å². The van der Waals surface area contributed by atoms with Crippen LogP contribution in [-0.2, 0) is 4.79 Å². The van der Waals surface area contributed by atoms with Crippen LogP contribution in [0.3, 0.4) is 0 Å². The van der Waals surface area contributed by atoms with Gasteiger partial charge in [0.25, 0.3) is 5.95 Å². The molecule has 1 amide bonds. The summed E-state index contributed by atoms with van der Waals surface area (Å²) in [5.41, 5.74) is 3.05. The van der Waals surface area contributed by atoms with Crippen molar-refractivity contribution in [3.05, 3.63) is 77.9 Å². The lowest BCUT2D eigenvalue weighted by Gasteiger charge is -2.32. The molecule has 0 radical (unpaired) electrons. The average molecular weight is 372 g/mol. The number of anilines is 1. The number of nitrogens with zero attached hydrogens (tertiary/aromatic N) is 5. The van der Waals surface area contributed by atoms with Gasteiger partial charge < -0.3 is 5.32 Å². The van der Waals surface area contributed by atoms with Crippen molar-refractivity contribution in [2.24, 2.45) is 0 Å². The summed E-state index contributed by atoms with van der Waals surface area (Å²) in [5, 5.41) is 15.4. The van der Waals surface area contributed by atoms with E-state index < -0.39 is 0 Å². The number of carbonyl (C=O) groups excluding carboxylic acids is 1. The molecule has 0 spiro atoms. The predicted molar refractivity (Wildman–Crippen MR) is 105 cm³/mol. The van der Waals surface area contributed by atoms with Crippen molar-refractivity contribution in [2.75, 3.05) is 11.4 Å². The normalized spacial score (nSPS) is 18.4. The highest BCUT2D eigenvalue weighted by molar-refractivity contribution is 5.89. The van der Waals surface area contributed by atoms with Crippen LogP contribution in [0.2, 0.25) is 0 Å². The third kappa shape index (κ3) is 3.15. The second-order valence-electron chi connectivity index (χ2n) is 7.12. The molecule has 7 heteroatoms. The number of allylic oxidation sites excluding steroid dienone is 1. The van der Waals surface area contributed by atoms with Crippen LogP contribution in [0.5, 0.6) is 0 Å². The molecule has 1 fully saturated rings. The number of hydrogen-bond acceptors (Lipinski definition) is 5. The molecule has 1 saturated carbocycles. The molecule has 1 atom stereocenters. The van der Waals surface area contributed by atoms with E-state index in [-0.39, 0.29) is 18.5 Å². The molecule has 1 aliphatic carbocycles. The minimum absolute atomic E-state index is 0.0166. The standard InChI is InChI=1S/C21H20N6O/c28-20(22-17-11-12-17)14-26-18(15-7-3-1-4-8-15)13-19(16-9-5-2-6-10-16)27-21(26)23-24-25-27/h1-10,13,17,19H,11-12,14H2,(H,22,28)/t19-/m1/s1. The van der Waals surface area contributed by atoms with Gasteiger partial charge in [0.05, 0.1) is 5.70 Å². The highest BCUT2D eigenvalue weighted by Gasteiger charge is 2.33. The van der Waals surface area contributed by atoms with E-state index in [2.05, 4.69) is 39.1 Å². The molecule has 1 aliphatic heterocycles. The highest BCUT2D eigenvalue weighted by Crippen LogP contribution is 2.35. The molecular formula is C21H20N6O. The van der Waals surface area contributed by atoms with Gasteiger partial charge in [-0.3, -0.25) is 9.69 Å². The Labute approximate surface area is 162 Å². The summed E-state index contributed by atoms with van der Waals surface area (Å²) >= 11 is 0. The Bertz CT molecular complexity index is 1010. The van der Waals surface area contributed by atoms with Gasteiger partial charge in [-0.15, -0.1) is 0 Å². The predicted octanol–water partition coefficient (Wildman–Crippen LogP) is 2.40. The number of benzene rings is 2. The first-order valence-electron chi connectivity index (χ1n) is 9.46. The van der Waals surface area contributed by atoms with Crippen LogP contribution in [0.4, 0.5) is 5.95 Å². The van der Waals surface area contributed by atoms with Crippen LogP contribution in [0.1, 0.15) is 30.0 Å². The van der Waals surface area contributed by atoms with Gasteiger partial charge in [-0.1, -0.05) is 65.8 Å². The van der Waals surface area contributed by atoms with Crippen molar-refractivity contribution in [3.63, 3.8) is 0 Å². The topological polar surface area (TPSA) is 75.9 Å². The van der Waals surface area contributed by atoms with E-state index in [4.69, 9.17) is 0 Å². The highest BCUT2D eigenvalue weighted by atomic mass is 16.2. The number of amides is 1. The Kier molecular flexibility index (Phi) is 4.12. The Morgan fingerprint density at radius 3 is 2.46 bits per heavy atom. The molecule has 0 unspecified atom stereocenters. The maximum atomic E-state index is 12.6. The second-order valence-corrected chi connectivity index (χ2v) is 7.12. The molecule has 2 heterocycles. The van der Waals surface area contributed by atoms with Crippen molar-refractivity contribution >= 4 is 17.6 Å². The van der Waals surface area contributed by atoms with Crippen LogP contribution < -0.4 is 10.2 Å². The van der Waals surface area contributed by atoms with Crippen molar-refractivity contribution in [3.8, 4) is 0 Å². The fourth-order valence-corrected chi connectivity index (χ4v) is 3.51. The number of tetrazole rings is 1. The van der Waals surface area contributed by atoms with Gasteiger partial charge in [0.15, 0.2) is 0 Å². The molecule has 3 aromatic rings. The zero-order valence-electron chi connectivity index (χ0n) is 15.3. The molecule has 5 rings (SSSR count). The third-order valence-corrected chi connectivity index (χ3v) is 5.04. The number of fused-ring (bicyclic) bond motifs is 1. The van der Waals surface area contributed by atoms with E-state index in [1.165, 1.54) is 0 Å². The molecule has 140 valence electrons. The Morgan fingerprint density at radius 2 is 1.75 bits per heavy atom. The zero-order valence-corrected chi connectivity index (χ0v) is 15.3. The van der Waals surface area contributed by atoms with E-state index >= 15 is 0 Å². The van der Waals surface area contributed by atoms with Gasteiger partial charge in [0.2, 0.25) is 5.91 Å². The Hall–Kier alpha value is -3.48. The number of aromatic nitrogens is 4. The Balaban J connectivity index is 1.58. The van der Waals surface area contributed by atoms with E-state index in [1.807, 2.05) is 53.4 Å². The van der Waals surface area contributed by atoms with Gasteiger partial charge in [-0.05, 0) is 40.5 Å². The first-order valence-corrected chi connectivity index (χ1v) is 9.46. The van der Waals surface area contributed by atoms with Crippen molar-refractivity contribution in [1.29, 1.82) is 0 Å². The second kappa shape index (κ2) is 6.92. The fourth-order valence-electron chi connectivity index (χ4n) is 3.51. The molecule has 2 aliphatic rings. The molecule has 28 heavy (non-hydrogen) atoms. The van der Waals surface area contributed by atoms with Gasteiger partial charge in [0, 0.05) is 6.04 Å². The number of carbonyl (C=O) groups is 1. The lowest BCUT2D eigenvalue weighted by Crippen LogP contribution is -2.40. The van der Waals surface area contributed by atoms with Crippen LogP contribution >= 0.6 is 0 Å². The SMILES string of the molecule is O=C(CN1C(c2ccccc2)=C[C@H](c2ccccc2)n2nnnc21)NC1CC1. The van der Waals surface area contributed by atoms with E-state index in [0.29, 0.717) is 12.0 Å². The van der Waals surface area contributed by atoms with Crippen LogP contribution in [0.15, 0.2) is 66.7 Å². The summed E-state index contributed by atoms with van der Waals surface area (Å²) in [7, 11) is 0. The third-order valence-electron chi connectivity index (χ3n) is 5.04. The van der Waals surface area contributed by atoms with Crippen LogP contribution in [0, 0.1) is 0 Å². The van der Waals surface area contributed by atoms with E-state index in [1.54, 1.807) is 4.68 Å². The summed E-state index contributed by atoms with van der Waals surface area (Å²) < 4.78 is 1.77. The van der Waals surface area contributed by atoms with Gasteiger partial charge in [-0.25, -0.2) is 0 Å². The maximum absolute atomic E-state index is 12.6. The Morgan fingerprint density at radius 1 is 1.04 bits per heavy atom. The van der Waals surface area contributed by atoms with Crippen molar-refractivity contribution in [1.82, 2.24) is 25.5 Å². The summed E-state index contributed by atoms with van der Waals surface area (Å²) in [6.07, 6.45) is 4.24. The first kappa shape index (κ1) is 16.7. The molecule has 1 aromatic heterocycles. The number of nitrogens with one attached hydrogen (secondary N) is 1. The quantitative estimate of drug-likeness (QED) is 0.744. The summed E-state index contributed by atoms with van der Waals surface area (Å²) in [6.45, 7) is 0.180. The van der Waals surface area contributed by atoms with Crippen molar-refractivity contribution < 1.29 is 4.79 Å². The first-order chi connectivity index (χ1) is 13.8. The largest absolute Gasteiger partial charge is 0.352 e. The van der Waals surface area contributed by atoms with Crippen molar-refractivity contribution in [2.45, 2.75) is 24.9 Å². The molecule has 1 N–H and O–H groups in total. The summed E-state index contributed by atoms with van der Waals surface area (Å²) in [6, 6.07) is 20.3. The molecule has 0 saturated heterocycles. The minimum atomic E-state index is -0.135. The van der Waals surface area contributed by atoms with E-state index in [9.17, 15) is 4.79 Å². The smallest absolute Gasteiger partial charge is 0.251 e. The van der Waals surface area contributed by atoms with Crippen LogP contribution in [-0.4, -0.2) is 38.7 Å². The maximum Gasteiger partial charge on any atom is 0.251 e. The average Bonchev–Trinajstić information content (AvgIpc) is 3.40. The lowest BCUT2D eigenvalue weighted by molar-refractivity contribution is -0.119. The molecule has 7 nitrogen and oxygen atoms in total. The summed E-state index contributed by atoms with van der Waals surface area (Å²) in [5.74, 6) is 0.554. The van der Waals surface area contributed by atoms with Gasteiger partial charge in [-0.2, -0.15) is 4.68 Å². The van der Waals surface area contributed by atoms with Gasteiger partial charge in [0.1, 0.15) is 12.6 Å². The van der Waals surface area contributed by atoms with Gasteiger partial charge >= 0.3 is 0 Å². The molecule has 0 bridgehead atoms. The number of rotatable bonds is 5. The minimum Gasteiger partial charge on any atom is -0.352 e.